The third-order valence-electron chi connectivity index (χ3n) is 3.17. The topological polar surface area (TPSA) is 80.9 Å². The van der Waals surface area contributed by atoms with Crippen molar-refractivity contribution in [1.29, 1.82) is 0 Å². The largest absolute Gasteiger partial charge is 0.328 e. The van der Waals surface area contributed by atoms with Crippen LogP contribution in [0.25, 0.3) is 0 Å². The lowest BCUT2D eigenvalue weighted by molar-refractivity contribution is 0.0979. The number of carbonyl (C=O) groups is 1. The van der Waals surface area contributed by atoms with Crippen LogP contribution in [0.1, 0.15) is 36.2 Å². The quantitative estimate of drug-likeness (QED) is 0.796. The minimum absolute atomic E-state index is 0. The second-order valence-corrected chi connectivity index (χ2v) is 4.51. The number of ketones is 1. The highest BCUT2D eigenvalue weighted by molar-refractivity contribution is 5.95. The van der Waals surface area contributed by atoms with Crippen molar-refractivity contribution in [1.82, 2.24) is 15.3 Å². The number of nitrogens with zero attached hydrogens (tertiary/aromatic N) is 2. The molecule has 3 N–H and O–H groups in total. The van der Waals surface area contributed by atoms with E-state index in [1.807, 2.05) is 0 Å². The second kappa shape index (κ2) is 7.41. The molecule has 0 bridgehead atoms. The minimum atomic E-state index is -0.00651. The maximum Gasteiger partial charge on any atom is 0.196 e. The zero-order chi connectivity index (χ0) is 12.1. The van der Waals surface area contributed by atoms with Gasteiger partial charge in [0.1, 0.15) is 5.69 Å². The summed E-state index contributed by atoms with van der Waals surface area (Å²) in [5.74, 6) is -0.00651. The first-order chi connectivity index (χ1) is 8.25. The van der Waals surface area contributed by atoms with E-state index in [2.05, 4.69) is 15.3 Å². The van der Waals surface area contributed by atoms with Gasteiger partial charge < -0.3 is 11.1 Å². The normalized spacial score (nSPS) is 23.2. The lowest BCUT2D eigenvalue weighted by Crippen LogP contribution is -2.39. The van der Waals surface area contributed by atoms with E-state index in [-0.39, 0.29) is 18.2 Å². The molecule has 5 nitrogen and oxygen atoms in total. The van der Waals surface area contributed by atoms with E-state index < -0.39 is 0 Å². The van der Waals surface area contributed by atoms with E-state index in [1.54, 1.807) is 6.20 Å². The standard InChI is InChI=1S/C12H18N4O.ClH/c13-9-1-3-10(4-2-9)16-8-12(17)11-7-14-5-6-15-11;/h5-7,9-10,16H,1-4,8,13H2;1H. The molecule has 1 fully saturated rings. The summed E-state index contributed by atoms with van der Waals surface area (Å²) in [5, 5.41) is 3.27. The zero-order valence-electron chi connectivity index (χ0n) is 10.2. The smallest absolute Gasteiger partial charge is 0.196 e. The molecule has 0 spiro atoms. The van der Waals surface area contributed by atoms with E-state index in [4.69, 9.17) is 5.73 Å². The SMILES string of the molecule is Cl.NC1CCC(NCC(=O)c2cnccn2)CC1. The summed E-state index contributed by atoms with van der Waals surface area (Å²) in [5.41, 5.74) is 6.25. The van der Waals surface area contributed by atoms with Crippen LogP contribution in [-0.4, -0.2) is 34.4 Å². The highest BCUT2D eigenvalue weighted by Crippen LogP contribution is 2.16. The van der Waals surface area contributed by atoms with Crippen molar-refractivity contribution in [2.45, 2.75) is 37.8 Å². The Labute approximate surface area is 113 Å². The van der Waals surface area contributed by atoms with Crippen molar-refractivity contribution in [2.75, 3.05) is 6.54 Å². The summed E-state index contributed by atoms with van der Waals surface area (Å²) in [6, 6.07) is 0.749. The average molecular weight is 271 g/mol. The van der Waals surface area contributed by atoms with Crippen LogP contribution in [0.4, 0.5) is 0 Å². The van der Waals surface area contributed by atoms with Gasteiger partial charge in [0.05, 0.1) is 12.7 Å². The Bertz CT molecular complexity index is 366. The summed E-state index contributed by atoms with van der Waals surface area (Å²) in [6.07, 6.45) is 8.78. The lowest BCUT2D eigenvalue weighted by atomic mass is 9.92. The number of aromatic nitrogens is 2. The monoisotopic (exact) mass is 270 g/mol. The van der Waals surface area contributed by atoms with Gasteiger partial charge in [0, 0.05) is 24.5 Å². The number of hydrogen-bond acceptors (Lipinski definition) is 5. The fourth-order valence-corrected chi connectivity index (χ4v) is 2.09. The van der Waals surface area contributed by atoms with E-state index in [9.17, 15) is 4.79 Å². The molecule has 0 aromatic carbocycles. The highest BCUT2D eigenvalue weighted by atomic mass is 35.5. The van der Waals surface area contributed by atoms with Crippen LogP contribution in [-0.2, 0) is 0 Å². The Morgan fingerprint density at radius 3 is 2.67 bits per heavy atom. The van der Waals surface area contributed by atoms with Gasteiger partial charge in [-0.1, -0.05) is 0 Å². The number of halogens is 1. The van der Waals surface area contributed by atoms with Crippen LogP contribution in [0.2, 0.25) is 0 Å². The van der Waals surface area contributed by atoms with Crippen LogP contribution in [0.3, 0.4) is 0 Å². The number of hydrogen-bond donors (Lipinski definition) is 2. The van der Waals surface area contributed by atoms with Crippen molar-refractivity contribution in [3.05, 3.63) is 24.3 Å². The lowest BCUT2D eigenvalue weighted by Gasteiger charge is -2.26. The van der Waals surface area contributed by atoms with Crippen LogP contribution < -0.4 is 11.1 Å². The molecule has 0 saturated heterocycles. The molecule has 1 aromatic rings. The third kappa shape index (κ3) is 4.33. The predicted molar refractivity (Wildman–Crippen MR) is 71.8 cm³/mol. The number of nitrogens with two attached hydrogens (primary N) is 1. The maximum atomic E-state index is 11.8. The van der Waals surface area contributed by atoms with Gasteiger partial charge in [-0.15, -0.1) is 12.4 Å². The molecular weight excluding hydrogens is 252 g/mol. The fourth-order valence-electron chi connectivity index (χ4n) is 2.09. The molecule has 0 unspecified atom stereocenters. The highest BCUT2D eigenvalue weighted by Gasteiger charge is 2.19. The number of rotatable bonds is 4. The molecule has 0 aliphatic heterocycles. The molecule has 100 valence electrons. The number of carbonyl (C=O) groups excluding carboxylic acids is 1. The van der Waals surface area contributed by atoms with Crippen LogP contribution >= 0.6 is 12.4 Å². The molecule has 1 heterocycles. The van der Waals surface area contributed by atoms with Gasteiger partial charge in [-0.25, -0.2) is 4.98 Å². The van der Waals surface area contributed by atoms with Gasteiger partial charge in [0.15, 0.2) is 5.78 Å². The Morgan fingerprint density at radius 1 is 1.33 bits per heavy atom. The van der Waals surface area contributed by atoms with Gasteiger partial charge in [0.2, 0.25) is 0 Å². The van der Waals surface area contributed by atoms with Crippen LogP contribution in [0.15, 0.2) is 18.6 Å². The first-order valence-electron chi connectivity index (χ1n) is 6.04. The van der Waals surface area contributed by atoms with E-state index in [0.717, 1.165) is 25.7 Å². The summed E-state index contributed by atoms with van der Waals surface area (Å²) in [4.78, 5) is 19.6. The molecule has 1 saturated carbocycles. The molecule has 1 aromatic heterocycles. The first kappa shape index (κ1) is 15.0. The van der Waals surface area contributed by atoms with Crippen molar-refractivity contribution in [2.24, 2.45) is 5.73 Å². The predicted octanol–water partition coefficient (Wildman–Crippen LogP) is 0.941. The minimum Gasteiger partial charge on any atom is -0.328 e. The van der Waals surface area contributed by atoms with Crippen molar-refractivity contribution >= 4 is 18.2 Å². The van der Waals surface area contributed by atoms with Gasteiger partial charge in [-0.3, -0.25) is 9.78 Å². The van der Waals surface area contributed by atoms with Crippen molar-refractivity contribution < 1.29 is 4.79 Å². The fraction of sp³-hybridized carbons (Fsp3) is 0.583. The Kier molecular flexibility index (Phi) is 6.18. The zero-order valence-corrected chi connectivity index (χ0v) is 11.0. The molecule has 2 rings (SSSR count). The van der Waals surface area contributed by atoms with Gasteiger partial charge in [0.25, 0.3) is 0 Å². The van der Waals surface area contributed by atoms with E-state index in [1.165, 1.54) is 12.4 Å². The van der Waals surface area contributed by atoms with Crippen molar-refractivity contribution in [3.63, 3.8) is 0 Å². The number of nitrogens with one attached hydrogen (secondary N) is 1. The van der Waals surface area contributed by atoms with Gasteiger partial charge in [-0.2, -0.15) is 0 Å². The van der Waals surface area contributed by atoms with E-state index in [0.29, 0.717) is 24.3 Å². The molecule has 0 radical (unpaired) electrons. The molecule has 1 aliphatic rings. The Balaban J connectivity index is 0.00000162. The molecule has 0 amide bonds. The second-order valence-electron chi connectivity index (χ2n) is 4.51. The van der Waals surface area contributed by atoms with Gasteiger partial charge in [-0.05, 0) is 25.7 Å². The van der Waals surface area contributed by atoms with Crippen LogP contribution in [0, 0.1) is 0 Å². The summed E-state index contributed by atoms with van der Waals surface area (Å²) >= 11 is 0. The summed E-state index contributed by atoms with van der Waals surface area (Å²) in [6.45, 7) is 0.332. The molecular formula is C12H19ClN4O. The molecule has 18 heavy (non-hydrogen) atoms. The first-order valence-corrected chi connectivity index (χ1v) is 6.04. The Hall–Kier alpha value is -1.04. The van der Waals surface area contributed by atoms with E-state index >= 15 is 0 Å². The van der Waals surface area contributed by atoms with Crippen LogP contribution in [0.5, 0.6) is 0 Å². The van der Waals surface area contributed by atoms with Crippen molar-refractivity contribution in [3.8, 4) is 0 Å². The number of Topliss-reactive ketones (excluding diaryl/α,β-unsaturated/α-hetero) is 1. The van der Waals surface area contributed by atoms with Gasteiger partial charge >= 0.3 is 0 Å². The maximum absolute atomic E-state index is 11.8. The summed E-state index contributed by atoms with van der Waals surface area (Å²) in [7, 11) is 0. The molecule has 0 atom stereocenters. The molecule has 6 heteroatoms. The molecule has 1 aliphatic carbocycles. The average Bonchev–Trinajstić information content (AvgIpc) is 2.39. The third-order valence-corrected chi connectivity index (χ3v) is 3.17. The summed E-state index contributed by atoms with van der Waals surface area (Å²) < 4.78 is 0. The Morgan fingerprint density at radius 2 is 2.06 bits per heavy atom.